The van der Waals surface area contributed by atoms with E-state index >= 15 is 0 Å². The highest BCUT2D eigenvalue weighted by molar-refractivity contribution is 5.67. The van der Waals surface area contributed by atoms with Gasteiger partial charge in [0, 0.05) is 25.4 Å². The van der Waals surface area contributed by atoms with Crippen LogP contribution in [0.5, 0.6) is 0 Å². The van der Waals surface area contributed by atoms with Crippen LogP contribution in [0.4, 0.5) is 4.79 Å². The average molecular weight is 324 g/mol. The minimum atomic E-state index is -0.481. The lowest BCUT2D eigenvalue weighted by Crippen LogP contribution is -2.26. The van der Waals surface area contributed by atoms with Crippen molar-refractivity contribution in [2.45, 2.75) is 13.0 Å². The van der Waals surface area contributed by atoms with Gasteiger partial charge < -0.3 is 14.5 Å². The third-order valence-corrected chi connectivity index (χ3v) is 3.20. The number of carbonyl (C=O) groups excluding carboxylic acids is 1. The van der Waals surface area contributed by atoms with Gasteiger partial charge in [0.15, 0.2) is 0 Å². The Balaban J connectivity index is 1.42. The predicted molar refractivity (Wildman–Crippen MR) is 85.9 cm³/mol. The number of hydrogen-bond acceptors (Lipinski definition) is 6. The van der Waals surface area contributed by atoms with Crippen LogP contribution < -0.4 is 5.32 Å². The molecule has 7 heteroatoms. The van der Waals surface area contributed by atoms with E-state index in [2.05, 4.69) is 20.5 Å². The maximum atomic E-state index is 11.6. The number of carbonyl (C=O) groups is 1. The van der Waals surface area contributed by atoms with Crippen molar-refractivity contribution in [1.82, 2.24) is 20.5 Å². The molecule has 0 atom stereocenters. The van der Waals surface area contributed by atoms with Gasteiger partial charge in [0.2, 0.25) is 11.8 Å². The number of hydrogen-bond donors (Lipinski definition) is 1. The van der Waals surface area contributed by atoms with Gasteiger partial charge in [-0.15, -0.1) is 10.2 Å². The van der Waals surface area contributed by atoms with Crippen LogP contribution in [0, 0.1) is 0 Å². The molecule has 0 radical (unpaired) electrons. The van der Waals surface area contributed by atoms with E-state index in [9.17, 15) is 4.79 Å². The van der Waals surface area contributed by atoms with Gasteiger partial charge in [-0.3, -0.25) is 4.98 Å². The fraction of sp³-hybridized carbons (Fsp3) is 0.176. The van der Waals surface area contributed by atoms with Gasteiger partial charge in [0.1, 0.15) is 6.61 Å². The van der Waals surface area contributed by atoms with Crippen LogP contribution in [0.15, 0.2) is 59.3 Å². The SMILES string of the molecule is O=C(NCCc1nnc(-c2cccnc2)o1)OCc1ccccc1. The second kappa shape index (κ2) is 7.87. The number of alkyl carbamates (subject to hydrolysis) is 1. The number of pyridine rings is 1. The predicted octanol–water partition coefficient (Wildman–Crippen LogP) is 2.60. The zero-order valence-electron chi connectivity index (χ0n) is 12.9. The molecule has 0 unspecified atom stereocenters. The third-order valence-electron chi connectivity index (χ3n) is 3.20. The molecule has 2 aromatic heterocycles. The summed E-state index contributed by atoms with van der Waals surface area (Å²) in [6.45, 7) is 0.584. The summed E-state index contributed by atoms with van der Waals surface area (Å²) in [5.74, 6) is 0.849. The fourth-order valence-corrected chi connectivity index (χ4v) is 2.01. The zero-order chi connectivity index (χ0) is 16.6. The van der Waals surface area contributed by atoms with E-state index in [0.29, 0.717) is 24.7 Å². The van der Waals surface area contributed by atoms with Crippen molar-refractivity contribution in [2.24, 2.45) is 0 Å². The standard InChI is InChI=1S/C17H16N4O3/c22-17(23-12-13-5-2-1-3-6-13)19-10-8-15-20-21-16(24-15)14-7-4-9-18-11-14/h1-7,9,11H,8,10,12H2,(H,19,22). The first-order valence-electron chi connectivity index (χ1n) is 7.48. The second-order valence-corrected chi connectivity index (χ2v) is 4.98. The number of rotatable bonds is 6. The smallest absolute Gasteiger partial charge is 0.407 e. The Bertz CT molecular complexity index is 775. The number of nitrogens with one attached hydrogen (secondary N) is 1. The summed E-state index contributed by atoms with van der Waals surface area (Å²) in [7, 11) is 0. The van der Waals surface area contributed by atoms with Gasteiger partial charge in [-0.2, -0.15) is 0 Å². The molecule has 0 aliphatic heterocycles. The first-order valence-corrected chi connectivity index (χ1v) is 7.48. The fourth-order valence-electron chi connectivity index (χ4n) is 2.01. The van der Waals surface area contributed by atoms with E-state index in [0.717, 1.165) is 11.1 Å². The monoisotopic (exact) mass is 324 g/mol. The van der Waals surface area contributed by atoms with Gasteiger partial charge in [0.25, 0.3) is 0 Å². The van der Waals surface area contributed by atoms with Crippen LogP contribution in [0.3, 0.4) is 0 Å². The van der Waals surface area contributed by atoms with Crippen LogP contribution in [0.2, 0.25) is 0 Å². The lowest BCUT2D eigenvalue weighted by molar-refractivity contribution is 0.139. The molecule has 1 N–H and O–H groups in total. The molecule has 0 spiro atoms. The van der Waals surface area contributed by atoms with Gasteiger partial charge in [0.05, 0.1) is 5.56 Å². The maximum Gasteiger partial charge on any atom is 0.407 e. The van der Waals surface area contributed by atoms with E-state index < -0.39 is 6.09 Å². The normalized spacial score (nSPS) is 10.3. The van der Waals surface area contributed by atoms with Gasteiger partial charge in [-0.05, 0) is 17.7 Å². The van der Waals surface area contributed by atoms with Gasteiger partial charge >= 0.3 is 6.09 Å². The summed E-state index contributed by atoms with van der Waals surface area (Å²) in [6, 6.07) is 13.1. The highest BCUT2D eigenvalue weighted by Gasteiger charge is 2.09. The van der Waals surface area contributed by atoms with Gasteiger partial charge in [-0.1, -0.05) is 30.3 Å². The van der Waals surface area contributed by atoms with E-state index in [1.165, 1.54) is 0 Å². The van der Waals surface area contributed by atoms with Crippen molar-refractivity contribution in [1.29, 1.82) is 0 Å². The summed E-state index contributed by atoms with van der Waals surface area (Å²) < 4.78 is 10.6. The molecule has 0 saturated carbocycles. The second-order valence-electron chi connectivity index (χ2n) is 4.98. The Morgan fingerprint density at radius 1 is 1.12 bits per heavy atom. The van der Waals surface area contributed by atoms with Crippen molar-refractivity contribution >= 4 is 6.09 Å². The number of ether oxygens (including phenoxy) is 1. The zero-order valence-corrected chi connectivity index (χ0v) is 12.9. The van der Waals surface area contributed by atoms with Crippen molar-refractivity contribution < 1.29 is 13.9 Å². The molecule has 122 valence electrons. The first kappa shape index (κ1) is 15.7. The molecule has 24 heavy (non-hydrogen) atoms. The van der Waals surface area contributed by atoms with Crippen molar-refractivity contribution in [3.8, 4) is 11.5 Å². The Morgan fingerprint density at radius 2 is 2.00 bits per heavy atom. The number of nitrogens with zero attached hydrogens (tertiary/aromatic N) is 3. The van der Waals surface area contributed by atoms with Crippen molar-refractivity contribution in [3.05, 3.63) is 66.3 Å². The minimum absolute atomic E-state index is 0.235. The largest absolute Gasteiger partial charge is 0.445 e. The summed E-state index contributed by atoms with van der Waals surface area (Å²) >= 11 is 0. The van der Waals surface area contributed by atoms with Crippen molar-refractivity contribution in [3.63, 3.8) is 0 Å². The van der Waals surface area contributed by atoms with E-state index in [1.807, 2.05) is 36.4 Å². The molecular weight excluding hydrogens is 308 g/mol. The van der Waals surface area contributed by atoms with E-state index in [4.69, 9.17) is 9.15 Å². The molecule has 3 rings (SSSR count). The molecule has 2 heterocycles. The topological polar surface area (TPSA) is 90.1 Å². The highest BCUT2D eigenvalue weighted by Crippen LogP contribution is 2.15. The average Bonchev–Trinajstić information content (AvgIpc) is 3.11. The maximum absolute atomic E-state index is 11.6. The molecule has 1 amide bonds. The van der Waals surface area contributed by atoms with Crippen molar-refractivity contribution in [2.75, 3.05) is 6.54 Å². The molecule has 7 nitrogen and oxygen atoms in total. The number of amides is 1. The van der Waals surface area contributed by atoms with Crippen LogP contribution in [0.1, 0.15) is 11.5 Å². The lowest BCUT2D eigenvalue weighted by atomic mass is 10.2. The van der Waals surface area contributed by atoms with Crippen LogP contribution in [0.25, 0.3) is 11.5 Å². The third kappa shape index (κ3) is 4.39. The Labute approximate surface area is 138 Å². The highest BCUT2D eigenvalue weighted by atomic mass is 16.5. The summed E-state index contributed by atoms with van der Waals surface area (Å²) in [5, 5.41) is 10.6. The Hall–Kier alpha value is -3.22. The molecule has 0 saturated heterocycles. The lowest BCUT2D eigenvalue weighted by Gasteiger charge is -2.05. The molecule has 0 aliphatic rings. The van der Waals surface area contributed by atoms with Gasteiger partial charge in [-0.25, -0.2) is 4.79 Å². The van der Waals surface area contributed by atoms with E-state index in [1.54, 1.807) is 18.5 Å². The quantitative estimate of drug-likeness (QED) is 0.749. The summed E-state index contributed by atoms with van der Waals surface area (Å²) in [4.78, 5) is 15.6. The van der Waals surface area contributed by atoms with E-state index in [-0.39, 0.29) is 6.61 Å². The molecular formula is C17H16N4O3. The summed E-state index contributed by atoms with van der Waals surface area (Å²) in [6.07, 6.45) is 3.27. The molecule has 0 bridgehead atoms. The Morgan fingerprint density at radius 3 is 2.79 bits per heavy atom. The Kier molecular flexibility index (Phi) is 5.14. The number of benzene rings is 1. The van der Waals surface area contributed by atoms with Crippen LogP contribution in [-0.2, 0) is 17.8 Å². The molecule has 0 fully saturated rings. The van der Waals surface area contributed by atoms with Crippen LogP contribution >= 0.6 is 0 Å². The molecule has 0 aliphatic carbocycles. The number of aromatic nitrogens is 3. The molecule has 3 aromatic rings. The summed E-state index contributed by atoms with van der Waals surface area (Å²) in [5.41, 5.74) is 1.69. The minimum Gasteiger partial charge on any atom is -0.445 e. The van der Waals surface area contributed by atoms with Crippen LogP contribution in [-0.4, -0.2) is 27.8 Å². The molecule has 1 aromatic carbocycles. The first-order chi connectivity index (χ1) is 11.8.